The van der Waals surface area contributed by atoms with Crippen LogP contribution in [0.3, 0.4) is 0 Å². The summed E-state index contributed by atoms with van der Waals surface area (Å²) < 4.78 is 1.68. The molecule has 0 radical (unpaired) electrons. The number of nitrogens with one attached hydrogen (secondary N) is 1. The van der Waals surface area contributed by atoms with Crippen molar-refractivity contribution >= 4 is 11.8 Å². The topological polar surface area (TPSA) is 55.6 Å². The van der Waals surface area contributed by atoms with Gasteiger partial charge in [0.1, 0.15) is 0 Å². The number of benzene rings is 1. The fourth-order valence-corrected chi connectivity index (χ4v) is 2.41. The van der Waals surface area contributed by atoms with Crippen molar-refractivity contribution < 1.29 is 0 Å². The Labute approximate surface area is 111 Å². The lowest BCUT2D eigenvalue weighted by Gasteiger charge is -2.07. The molecule has 0 amide bonds. The number of tetrazole rings is 1. The quantitative estimate of drug-likeness (QED) is 0.891. The molecule has 1 aromatic heterocycles. The predicted molar refractivity (Wildman–Crippen MR) is 71.5 cm³/mol. The maximum Gasteiger partial charge on any atom is 0.213 e. The molecule has 0 aliphatic rings. The molecule has 0 aliphatic carbocycles. The van der Waals surface area contributed by atoms with Gasteiger partial charge in [0.25, 0.3) is 0 Å². The van der Waals surface area contributed by atoms with Gasteiger partial charge in [-0.3, -0.25) is 0 Å². The minimum Gasteiger partial charge on any atom is -0.313 e. The highest BCUT2D eigenvalue weighted by atomic mass is 32.2. The lowest BCUT2D eigenvalue weighted by atomic mass is 10.1. The van der Waals surface area contributed by atoms with E-state index in [-0.39, 0.29) is 0 Å². The highest BCUT2D eigenvalue weighted by molar-refractivity contribution is 7.99. The highest BCUT2D eigenvalue weighted by Gasteiger charge is 2.07. The summed E-state index contributed by atoms with van der Waals surface area (Å²) in [6, 6.07) is 6.47. The van der Waals surface area contributed by atoms with Gasteiger partial charge < -0.3 is 5.32 Å². The van der Waals surface area contributed by atoms with Crippen LogP contribution in [-0.4, -0.2) is 26.8 Å². The third-order valence-corrected chi connectivity index (χ3v) is 3.81. The molecule has 0 fully saturated rings. The van der Waals surface area contributed by atoms with E-state index < -0.39 is 0 Å². The summed E-state index contributed by atoms with van der Waals surface area (Å²) in [4.78, 5) is 1.19. The van der Waals surface area contributed by atoms with Crippen LogP contribution in [-0.2, 0) is 13.6 Å². The van der Waals surface area contributed by atoms with Gasteiger partial charge in [0, 0.05) is 18.5 Å². The maximum absolute atomic E-state index is 3.98. The number of rotatable bonds is 5. The van der Waals surface area contributed by atoms with Gasteiger partial charge in [-0.1, -0.05) is 19.1 Å². The molecular weight excluding hydrogens is 246 g/mol. The van der Waals surface area contributed by atoms with Gasteiger partial charge in [0.05, 0.1) is 0 Å². The van der Waals surface area contributed by atoms with Gasteiger partial charge in [-0.15, -0.1) is 5.10 Å². The van der Waals surface area contributed by atoms with Crippen LogP contribution in [0, 0.1) is 6.92 Å². The van der Waals surface area contributed by atoms with Crippen molar-refractivity contribution in [1.29, 1.82) is 0 Å². The van der Waals surface area contributed by atoms with Crippen LogP contribution in [0.2, 0.25) is 0 Å². The van der Waals surface area contributed by atoms with Crippen molar-refractivity contribution in [3.8, 4) is 0 Å². The molecule has 0 atom stereocenters. The van der Waals surface area contributed by atoms with Crippen molar-refractivity contribution in [3.05, 3.63) is 29.3 Å². The van der Waals surface area contributed by atoms with Crippen molar-refractivity contribution in [3.63, 3.8) is 0 Å². The smallest absolute Gasteiger partial charge is 0.213 e. The van der Waals surface area contributed by atoms with Crippen LogP contribution in [0.4, 0.5) is 0 Å². The first-order valence-corrected chi connectivity index (χ1v) is 6.72. The molecule has 1 N–H and O–H groups in total. The molecule has 0 spiro atoms. The Balaban J connectivity index is 2.12. The van der Waals surface area contributed by atoms with Crippen LogP contribution in [0.15, 0.2) is 28.3 Å². The number of aryl methyl sites for hydroxylation is 2. The molecule has 0 bridgehead atoms. The zero-order chi connectivity index (χ0) is 13.0. The molecular formula is C12H17N5S. The van der Waals surface area contributed by atoms with Crippen LogP contribution < -0.4 is 5.32 Å². The largest absolute Gasteiger partial charge is 0.313 e. The van der Waals surface area contributed by atoms with Crippen LogP contribution in [0.25, 0.3) is 0 Å². The average molecular weight is 263 g/mol. The summed E-state index contributed by atoms with van der Waals surface area (Å²) in [5, 5.41) is 15.6. The Hall–Kier alpha value is -1.40. The van der Waals surface area contributed by atoms with Gasteiger partial charge in [-0.25, -0.2) is 4.68 Å². The van der Waals surface area contributed by atoms with Gasteiger partial charge in [-0.2, -0.15) is 0 Å². The summed E-state index contributed by atoms with van der Waals surface area (Å²) in [6.45, 7) is 6.12. The predicted octanol–water partition coefficient (Wildman–Crippen LogP) is 1.78. The van der Waals surface area contributed by atoms with E-state index in [9.17, 15) is 0 Å². The van der Waals surface area contributed by atoms with Crippen molar-refractivity contribution in [2.75, 3.05) is 6.54 Å². The van der Waals surface area contributed by atoms with E-state index in [1.54, 1.807) is 16.4 Å². The lowest BCUT2D eigenvalue weighted by Crippen LogP contribution is -2.11. The highest BCUT2D eigenvalue weighted by Crippen LogP contribution is 2.28. The van der Waals surface area contributed by atoms with E-state index >= 15 is 0 Å². The summed E-state index contributed by atoms with van der Waals surface area (Å²) in [6.07, 6.45) is 0. The Morgan fingerprint density at radius 3 is 2.83 bits per heavy atom. The Morgan fingerprint density at radius 1 is 1.39 bits per heavy atom. The third-order valence-electron chi connectivity index (χ3n) is 2.60. The lowest BCUT2D eigenvalue weighted by molar-refractivity contribution is 0.664. The van der Waals surface area contributed by atoms with Crippen molar-refractivity contribution in [2.45, 2.75) is 30.4 Å². The molecule has 2 aromatic rings. The molecule has 0 saturated heterocycles. The van der Waals surface area contributed by atoms with Gasteiger partial charge in [-0.05, 0) is 52.9 Å². The Bertz CT molecular complexity index is 523. The summed E-state index contributed by atoms with van der Waals surface area (Å²) in [5.74, 6) is 0. The molecule has 2 rings (SSSR count). The number of aromatic nitrogens is 4. The van der Waals surface area contributed by atoms with E-state index in [0.29, 0.717) is 0 Å². The summed E-state index contributed by atoms with van der Waals surface area (Å²) in [5.41, 5.74) is 2.55. The molecule has 0 aliphatic heterocycles. The van der Waals surface area contributed by atoms with Crippen molar-refractivity contribution in [1.82, 2.24) is 25.5 Å². The molecule has 96 valence electrons. The van der Waals surface area contributed by atoms with Crippen molar-refractivity contribution in [2.24, 2.45) is 7.05 Å². The van der Waals surface area contributed by atoms with E-state index in [4.69, 9.17) is 0 Å². The second-order valence-electron chi connectivity index (χ2n) is 4.07. The second kappa shape index (κ2) is 5.97. The maximum atomic E-state index is 3.98. The van der Waals surface area contributed by atoms with Crippen LogP contribution >= 0.6 is 11.8 Å². The minimum atomic E-state index is 0.803. The van der Waals surface area contributed by atoms with Gasteiger partial charge >= 0.3 is 0 Å². The molecule has 6 heteroatoms. The molecule has 18 heavy (non-hydrogen) atoms. The second-order valence-corrected chi connectivity index (χ2v) is 5.08. The average Bonchev–Trinajstić information content (AvgIpc) is 2.75. The van der Waals surface area contributed by atoms with Gasteiger partial charge in [0.2, 0.25) is 5.16 Å². The standard InChI is InChI=1S/C12H17N5S/c1-4-13-8-10-5-6-11(9(2)7-10)18-12-14-15-16-17(12)3/h5-7,13H,4,8H2,1-3H3. The molecule has 0 saturated carbocycles. The molecule has 1 heterocycles. The zero-order valence-corrected chi connectivity index (χ0v) is 11.7. The first-order chi connectivity index (χ1) is 8.70. The monoisotopic (exact) mass is 263 g/mol. The van der Waals surface area contributed by atoms with E-state index in [0.717, 1.165) is 18.2 Å². The Morgan fingerprint density at radius 2 is 2.22 bits per heavy atom. The first-order valence-electron chi connectivity index (χ1n) is 5.91. The molecule has 1 aromatic carbocycles. The molecule has 5 nitrogen and oxygen atoms in total. The van der Waals surface area contributed by atoms with Gasteiger partial charge in [0.15, 0.2) is 0 Å². The minimum absolute atomic E-state index is 0.803. The van der Waals surface area contributed by atoms with E-state index in [1.165, 1.54) is 16.0 Å². The Kier molecular flexibility index (Phi) is 4.33. The first kappa shape index (κ1) is 13.0. The summed E-state index contributed by atoms with van der Waals surface area (Å²) in [7, 11) is 1.84. The number of hydrogen-bond donors (Lipinski definition) is 1. The molecule has 0 unspecified atom stereocenters. The SMILES string of the molecule is CCNCc1ccc(Sc2nnnn2C)c(C)c1. The fraction of sp³-hybridized carbons (Fsp3) is 0.417. The number of hydrogen-bond acceptors (Lipinski definition) is 5. The summed E-state index contributed by atoms with van der Waals surface area (Å²) >= 11 is 1.59. The normalized spacial score (nSPS) is 10.8. The van der Waals surface area contributed by atoms with E-state index in [2.05, 4.69) is 52.9 Å². The zero-order valence-electron chi connectivity index (χ0n) is 10.8. The van der Waals surface area contributed by atoms with Crippen LogP contribution in [0.1, 0.15) is 18.1 Å². The fourth-order valence-electron chi connectivity index (χ4n) is 1.61. The number of nitrogens with zero attached hydrogens (tertiary/aromatic N) is 4. The van der Waals surface area contributed by atoms with Crippen LogP contribution in [0.5, 0.6) is 0 Å². The van der Waals surface area contributed by atoms with E-state index in [1.807, 2.05) is 7.05 Å². The third kappa shape index (κ3) is 3.08.